The number of para-hydroxylation sites is 2. The van der Waals surface area contributed by atoms with Crippen LogP contribution in [0.5, 0.6) is 0 Å². The van der Waals surface area contributed by atoms with Crippen LogP contribution in [0.2, 0.25) is 0 Å². The third kappa shape index (κ3) is 2.61. The molecule has 174 valence electrons. The van der Waals surface area contributed by atoms with E-state index < -0.39 is 15.4 Å². The molecule has 0 aliphatic carbocycles. The number of ether oxygens (including phenoxy) is 1. The van der Waals surface area contributed by atoms with Crippen LogP contribution in [-0.4, -0.2) is 28.3 Å². The molecule has 0 N–H and O–H groups in total. The van der Waals surface area contributed by atoms with Gasteiger partial charge in [-0.1, -0.05) is 60.7 Å². The molecular formula is C28H28N2O3S. The first kappa shape index (κ1) is 21.4. The van der Waals surface area contributed by atoms with E-state index in [0.29, 0.717) is 12.3 Å². The summed E-state index contributed by atoms with van der Waals surface area (Å²) in [6, 6.07) is 21.5. The summed E-state index contributed by atoms with van der Waals surface area (Å²) in [6.07, 6.45) is 0.621. The summed E-state index contributed by atoms with van der Waals surface area (Å²) < 4.78 is 35.9. The SMILES string of the molecule is C=C1[C@H]([C@@]23CCO[C@H]2N(C)c2ccccc23)c2cccc(C)c2N1S(=O)(=O)c1ccc(C)cc1. The van der Waals surface area contributed by atoms with Crippen LogP contribution in [0.25, 0.3) is 0 Å². The number of sulfonamides is 1. The Morgan fingerprint density at radius 2 is 1.74 bits per heavy atom. The van der Waals surface area contributed by atoms with E-state index in [0.717, 1.165) is 34.5 Å². The fraction of sp³-hybridized carbons (Fsp3) is 0.286. The van der Waals surface area contributed by atoms with Crippen LogP contribution >= 0.6 is 0 Å². The second-order valence-corrected chi connectivity index (χ2v) is 11.4. The Morgan fingerprint density at radius 1 is 1.00 bits per heavy atom. The molecule has 6 rings (SSSR count). The van der Waals surface area contributed by atoms with E-state index in [4.69, 9.17) is 4.74 Å². The largest absolute Gasteiger partial charge is 0.357 e. The number of likely N-dealkylation sites (N-methyl/N-ethyl adjacent to an activating group) is 1. The summed E-state index contributed by atoms with van der Waals surface area (Å²) in [5.41, 5.74) is 6.18. The van der Waals surface area contributed by atoms with Crippen LogP contribution in [0.4, 0.5) is 11.4 Å². The average Bonchev–Trinajstić information content (AvgIpc) is 3.45. The van der Waals surface area contributed by atoms with Gasteiger partial charge in [-0.05, 0) is 55.2 Å². The Bertz CT molecular complexity index is 1430. The zero-order valence-electron chi connectivity index (χ0n) is 19.7. The molecule has 0 unspecified atom stereocenters. The highest BCUT2D eigenvalue weighted by Crippen LogP contribution is 2.63. The molecule has 0 amide bonds. The van der Waals surface area contributed by atoms with Crippen molar-refractivity contribution in [1.82, 2.24) is 0 Å². The number of allylic oxidation sites excluding steroid dienone is 1. The van der Waals surface area contributed by atoms with E-state index in [1.165, 1.54) is 9.87 Å². The molecule has 3 aromatic rings. The van der Waals surface area contributed by atoms with Gasteiger partial charge in [-0.15, -0.1) is 0 Å². The summed E-state index contributed by atoms with van der Waals surface area (Å²) in [5, 5.41) is 0. The van der Waals surface area contributed by atoms with Gasteiger partial charge in [-0.25, -0.2) is 12.7 Å². The molecule has 5 nitrogen and oxygen atoms in total. The quantitative estimate of drug-likeness (QED) is 0.523. The van der Waals surface area contributed by atoms with Crippen LogP contribution in [0, 0.1) is 13.8 Å². The molecule has 0 spiro atoms. The predicted octanol–water partition coefficient (Wildman–Crippen LogP) is 5.24. The number of rotatable bonds is 3. The number of nitrogens with zero attached hydrogens (tertiary/aromatic N) is 2. The third-order valence-electron chi connectivity index (χ3n) is 7.82. The van der Waals surface area contributed by atoms with E-state index in [-0.39, 0.29) is 17.0 Å². The molecule has 3 aliphatic rings. The lowest BCUT2D eigenvalue weighted by atomic mass is 9.66. The van der Waals surface area contributed by atoms with Crippen molar-refractivity contribution in [2.24, 2.45) is 0 Å². The molecule has 1 saturated heterocycles. The van der Waals surface area contributed by atoms with Gasteiger partial charge in [0.15, 0.2) is 0 Å². The molecule has 0 saturated carbocycles. The lowest BCUT2D eigenvalue weighted by Gasteiger charge is -2.37. The van der Waals surface area contributed by atoms with Crippen LogP contribution in [0.1, 0.15) is 34.6 Å². The minimum atomic E-state index is -3.85. The number of anilines is 2. The summed E-state index contributed by atoms with van der Waals surface area (Å²) >= 11 is 0. The van der Waals surface area contributed by atoms with Crippen molar-refractivity contribution >= 4 is 21.4 Å². The zero-order chi connectivity index (χ0) is 23.8. The monoisotopic (exact) mass is 472 g/mol. The molecule has 0 radical (unpaired) electrons. The second kappa shape index (κ2) is 7.20. The zero-order valence-corrected chi connectivity index (χ0v) is 20.5. The lowest BCUT2D eigenvalue weighted by Crippen LogP contribution is -2.45. The number of hydrogen-bond acceptors (Lipinski definition) is 4. The van der Waals surface area contributed by atoms with Gasteiger partial charge in [0.25, 0.3) is 10.0 Å². The first-order valence-corrected chi connectivity index (χ1v) is 13.1. The lowest BCUT2D eigenvalue weighted by molar-refractivity contribution is 0.0831. The van der Waals surface area contributed by atoms with Gasteiger partial charge in [0.05, 0.1) is 22.6 Å². The molecule has 0 bridgehead atoms. The van der Waals surface area contributed by atoms with Crippen molar-refractivity contribution < 1.29 is 13.2 Å². The highest BCUT2D eigenvalue weighted by atomic mass is 32.2. The topological polar surface area (TPSA) is 49.9 Å². The van der Waals surface area contributed by atoms with Crippen molar-refractivity contribution in [2.75, 3.05) is 22.9 Å². The van der Waals surface area contributed by atoms with Crippen LogP contribution in [-0.2, 0) is 20.2 Å². The fourth-order valence-corrected chi connectivity index (χ4v) is 7.97. The average molecular weight is 473 g/mol. The van der Waals surface area contributed by atoms with Gasteiger partial charge in [0.1, 0.15) is 6.23 Å². The molecule has 3 atom stereocenters. The van der Waals surface area contributed by atoms with E-state index in [9.17, 15) is 8.42 Å². The Balaban J connectivity index is 1.59. The Morgan fingerprint density at radius 3 is 2.50 bits per heavy atom. The number of benzene rings is 3. The van der Waals surface area contributed by atoms with E-state index in [1.54, 1.807) is 12.1 Å². The first-order chi connectivity index (χ1) is 16.3. The second-order valence-electron chi connectivity index (χ2n) is 9.66. The van der Waals surface area contributed by atoms with E-state index in [2.05, 4.69) is 42.8 Å². The highest BCUT2D eigenvalue weighted by molar-refractivity contribution is 7.93. The van der Waals surface area contributed by atoms with E-state index >= 15 is 0 Å². The molecule has 3 heterocycles. The summed E-state index contributed by atoms with van der Waals surface area (Å²) in [5.74, 6) is -0.221. The standard InChI is InChI=1S/C28H28N2O3S/c1-18-12-14-21(15-13-18)34(31,32)30-20(3)25(22-9-7-8-19(2)26(22)30)28-16-17-33-27(28)29(4)24-11-6-5-10-23(24)28/h5-15,25,27H,3,16-17H2,1-2,4H3/t25-,27+,28-/m0/s1. The van der Waals surface area contributed by atoms with Crippen LogP contribution in [0.3, 0.4) is 0 Å². The summed E-state index contributed by atoms with van der Waals surface area (Å²) in [7, 11) is -1.78. The molecule has 1 fully saturated rings. The summed E-state index contributed by atoms with van der Waals surface area (Å²) in [6.45, 7) is 9.00. The summed E-state index contributed by atoms with van der Waals surface area (Å²) in [4.78, 5) is 2.47. The molecule has 3 aliphatic heterocycles. The van der Waals surface area contributed by atoms with Gasteiger partial charge in [0.2, 0.25) is 0 Å². The molecule has 3 aromatic carbocycles. The van der Waals surface area contributed by atoms with Gasteiger partial charge >= 0.3 is 0 Å². The van der Waals surface area contributed by atoms with Gasteiger partial charge in [-0.2, -0.15) is 0 Å². The van der Waals surface area contributed by atoms with Crippen molar-refractivity contribution in [3.8, 4) is 0 Å². The molecule has 0 aromatic heterocycles. The molecule has 6 heteroatoms. The predicted molar refractivity (Wildman–Crippen MR) is 135 cm³/mol. The number of hydrogen-bond donors (Lipinski definition) is 0. The number of aryl methyl sites for hydroxylation is 2. The minimum absolute atomic E-state index is 0.179. The number of fused-ring (bicyclic) bond motifs is 4. The van der Waals surface area contributed by atoms with Crippen LogP contribution < -0.4 is 9.21 Å². The normalized spacial score (nSPS) is 25.4. The maximum Gasteiger partial charge on any atom is 0.268 e. The Labute approximate surface area is 201 Å². The first-order valence-electron chi connectivity index (χ1n) is 11.6. The van der Waals surface area contributed by atoms with Gasteiger partial charge < -0.3 is 9.64 Å². The fourth-order valence-electron chi connectivity index (χ4n) is 6.38. The van der Waals surface area contributed by atoms with Crippen molar-refractivity contribution in [1.29, 1.82) is 0 Å². The molecular weight excluding hydrogens is 444 g/mol. The van der Waals surface area contributed by atoms with Crippen molar-refractivity contribution in [3.63, 3.8) is 0 Å². The van der Waals surface area contributed by atoms with Gasteiger partial charge in [-0.3, -0.25) is 0 Å². The highest BCUT2D eigenvalue weighted by Gasteiger charge is 2.62. The maximum atomic E-state index is 14.1. The smallest absolute Gasteiger partial charge is 0.268 e. The van der Waals surface area contributed by atoms with Crippen molar-refractivity contribution in [3.05, 3.63) is 101 Å². The van der Waals surface area contributed by atoms with Gasteiger partial charge in [0, 0.05) is 24.4 Å². The maximum absolute atomic E-state index is 14.1. The minimum Gasteiger partial charge on any atom is -0.357 e. The molecule has 34 heavy (non-hydrogen) atoms. The van der Waals surface area contributed by atoms with Crippen molar-refractivity contribution in [2.45, 2.75) is 42.7 Å². The van der Waals surface area contributed by atoms with Crippen LogP contribution in [0.15, 0.2) is 83.9 Å². The third-order valence-corrected chi connectivity index (χ3v) is 9.59. The Kier molecular flexibility index (Phi) is 4.54. The Hall–Kier alpha value is -3.09. The van der Waals surface area contributed by atoms with E-state index in [1.807, 2.05) is 44.2 Å².